The van der Waals surface area contributed by atoms with Gasteiger partial charge in [-0.05, 0) is 5.75 Å². The summed E-state index contributed by atoms with van der Waals surface area (Å²) in [6.45, 7) is 2.74. The maximum Gasteiger partial charge on any atom is 0.268 e. The second-order valence-corrected chi connectivity index (χ2v) is 3.94. The van der Waals surface area contributed by atoms with Crippen molar-refractivity contribution < 1.29 is 0 Å². The Morgan fingerprint density at radius 3 is 3.08 bits per heavy atom. The Balaban J connectivity index is 2.62. The van der Waals surface area contributed by atoms with Crippen LogP contribution in [-0.2, 0) is 6.54 Å². The number of thioether (sulfide) groups is 1. The highest BCUT2D eigenvalue weighted by molar-refractivity contribution is 7.99. The predicted molar refractivity (Wildman–Crippen MR) is 55.9 cm³/mol. The molecule has 1 aromatic heterocycles. The second kappa shape index (κ2) is 4.91. The van der Waals surface area contributed by atoms with E-state index in [-0.39, 0.29) is 5.56 Å². The van der Waals surface area contributed by atoms with E-state index in [1.165, 1.54) is 16.9 Å². The summed E-state index contributed by atoms with van der Waals surface area (Å²) in [6, 6.07) is 1.39. The summed E-state index contributed by atoms with van der Waals surface area (Å²) in [6.07, 6.45) is 1.50. The third-order valence-electron chi connectivity index (χ3n) is 1.54. The molecule has 0 saturated heterocycles. The van der Waals surface area contributed by atoms with Gasteiger partial charge in [0.05, 0.1) is 18.4 Å². The van der Waals surface area contributed by atoms with Crippen molar-refractivity contribution in [3.8, 4) is 0 Å². The smallest absolute Gasteiger partial charge is 0.268 e. The second-order valence-electron chi connectivity index (χ2n) is 2.55. The lowest BCUT2D eigenvalue weighted by molar-refractivity contribution is 0.622. The Morgan fingerprint density at radius 1 is 1.69 bits per heavy atom. The molecule has 0 aliphatic carbocycles. The average Bonchev–Trinajstić information content (AvgIpc) is 2.09. The van der Waals surface area contributed by atoms with Gasteiger partial charge in [-0.2, -0.15) is 16.9 Å². The lowest BCUT2D eigenvalue weighted by Gasteiger charge is -2.02. The molecule has 0 amide bonds. The lowest BCUT2D eigenvalue weighted by Crippen LogP contribution is -2.23. The summed E-state index contributed by atoms with van der Waals surface area (Å²) in [7, 11) is 0. The molecule has 0 unspecified atom stereocenters. The normalized spacial score (nSPS) is 10.2. The quantitative estimate of drug-likeness (QED) is 0.720. The van der Waals surface area contributed by atoms with Crippen molar-refractivity contribution in [3.63, 3.8) is 0 Å². The molecule has 0 spiro atoms. The van der Waals surface area contributed by atoms with Crippen molar-refractivity contribution in [1.82, 2.24) is 9.78 Å². The van der Waals surface area contributed by atoms with Crippen molar-refractivity contribution in [2.45, 2.75) is 13.5 Å². The molecule has 0 atom stereocenters. The Kier molecular flexibility index (Phi) is 3.82. The molecule has 1 rings (SSSR count). The summed E-state index contributed by atoms with van der Waals surface area (Å²) in [4.78, 5) is 11.2. The molecule has 0 aliphatic heterocycles. The molecule has 72 valence electrons. The first-order valence-corrected chi connectivity index (χ1v) is 5.30. The number of rotatable bonds is 4. The zero-order valence-corrected chi connectivity index (χ0v) is 8.38. The van der Waals surface area contributed by atoms with Crippen molar-refractivity contribution >= 4 is 17.4 Å². The predicted octanol–water partition coefficient (Wildman–Crippen LogP) is 0.579. The van der Waals surface area contributed by atoms with Crippen LogP contribution in [0.5, 0.6) is 0 Å². The van der Waals surface area contributed by atoms with E-state index in [1.54, 1.807) is 11.8 Å². The van der Waals surface area contributed by atoms with Crippen LogP contribution in [0.2, 0.25) is 0 Å². The molecule has 0 fully saturated rings. The zero-order chi connectivity index (χ0) is 9.68. The van der Waals surface area contributed by atoms with Crippen molar-refractivity contribution in [2.24, 2.45) is 0 Å². The third-order valence-corrected chi connectivity index (χ3v) is 2.42. The molecule has 0 saturated carbocycles. The molecule has 0 radical (unpaired) electrons. The summed E-state index contributed by atoms with van der Waals surface area (Å²) >= 11 is 1.78. The summed E-state index contributed by atoms with van der Waals surface area (Å²) in [5, 5.41) is 3.92. The highest BCUT2D eigenvalue weighted by Gasteiger charge is 1.96. The van der Waals surface area contributed by atoms with E-state index >= 15 is 0 Å². The molecule has 0 bridgehead atoms. The molecule has 0 aromatic carbocycles. The highest BCUT2D eigenvalue weighted by atomic mass is 32.2. The fourth-order valence-electron chi connectivity index (χ4n) is 0.911. The summed E-state index contributed by atoms with van der Waals surface area (Å²) in [5.41, 5.74) is 5.69. The van der Waals surface area contributed by atoms with Gasteiger partial charge >= 0.3 is 0 Å². The largest absolute Gasteiger partial charge is 0.397 e. The van der Waals surface area contributed by atoms with E-state index in [4.69, 9.17) is 5.73 Å². The fourth-order valence-corrected chi connectivity index (χ4v) is 1.50. The lowest BCUT2D eigenvalue weighted by atomic mass is 10.5. The Hall–Kier alpha value is -0.970. The molecule has 0 aliphatic rings. The Bertz CT molecular complexity index is 323. The number of nitrogens with zero attached hydrogens (tertiary/aromatic N) is 2. The molecule has 5 heteroatoms. The van der Waals surface area contributed by atoms with Gasteiger partial charge in [-0.3, -0.25) is 4.79 Å². The van der Waals surface area contributed by atoms with E-state index in [0.29, 0.717) is 12.2 Å². The van der Waals surface area contributed by atoms with E-state index in [2.05, 4.69) is 12.0 Å². The number of hydrogen-bond acceptors (Lipinski definition) is 4. The van der Waals surface area contributed by atoms with Crippen LogP contribution in [-0.4, -0.2) is 21.3 Å². The van der Waals surface area contributed by atoms with Crippen molar-refractivity contribution in [3.05, 3.63) is 22.6 Å². The number of aryl methyl sites for hydroxylation is 1. The minimum atomic E-state index is -0.128. The molecule has 13 heavy (non-hydrogen) atoms. The Morgan fingerprint density at radius 2 is 2.46 bits per heavy atom. The van der Waals surface area contributed by atoms with Gasteiger partial charge in [0.1, 0.15) is 0 Å². The zero-order valence-electron chi connectivity index (χ0n) is 7.56. The number of anilines is 1. The van der Waals surface area contributed by atoms with Gasteiger partial charge in [0.2, 0.25) is 0 Å². The van der Waals surface area contributed by atoms with Gasteiger partial charge in [-0.1, -0.05) is 6.92 Å². The van der Waals surface area contributed by atoms with Crippen LogP contribution in [0.1, 0.15) is 6.92 Å². The summed E-state index contributed by atoms with van der Waals surface area (Å²) < 4.78 is 1.43. The number of nitrogen functional groups attached to an aromatic ring is 1. The van der Waals surface area contributed by atoms with E-state index in [9.17, 15) is 4.79 Å². The van der Waals surface area contributed by atoms with Gasteiger partial charge in [-0.15, -0.1) is 0 Å². The van der Waals surface area contributed by atoms with Gasteiger partial charge < -0.3 is 5.73 Å². The average molecular weight is 199 g/mol. The van der Waals surface area contributed by atoms with Crippen LogP contribution < -0.4 is 11.3 Å². The van der Waals surface area contributed by atoms with Crippen molar-refractivity contribution in [1.29, 1.82) is 0 Å². The van der Waals surface area contributed by atoms with Crippen LogP contribution in [0.25, 0.3) is 0 Å². The van der Waals surface area contributed by atoms with Gasteiger partial charge in [0, 0.05) is 11.8 Å². The fraction of sp³-hybridized carbons (Fsp3) is 0.500. The third kappa shape index (κ3) is 3.10. The standard InChI is InChI=1S/C8H13N3OS/c1-2-13-4-3-11-8(12)5-7(9)6-10-11/h5-6H,2-4,9H2,1H3. The summed E-state index contributed by atoms with van der Waals surface area (Å²) in [5.74, 6) is 1.97. The topological polar surface area (TPSA) is 60.9 Å². The Labute approximate surface area is 81.1 Å². The molecule has 1 aromatic rings. The first kappa shape index (κ1) is 10.1. The highest BCUT2D eigenvalue weighted by Crippen LogP contribution is 1.98. The molecule has 1 heterocycles. The minimum absolute atomic E-state index is 0.128. The SMILES string of the molecule is CCSCCn1ncc(N)cc1=O. The minimum Gasteiger partial charge on any atom is -0.397 e. The van der Waals surface area contributed by atoms with Crippen LogP contribution in [0.15, 0.2) is 17.1 Å². The van der Waals surface area contributed by atoms with Crippen LogP contribution in [0, 0.1) is 0 Å². The molecular formula is C8H13N3OS. The maximum absolute atomic E-state index is 11.2. The van der Waals surface area contributed by atoms with Crippen LogP contribution in [0.4, 0.5) is 5.69 Å². The number of aromatic nitrogens is 2. The molecule has 4 nitrogen and oxygen atoms in total. The van der Waals surface area contributed by atoms with Gasteiger partial charge in [0.25, 0.3) is 5.56 Å². The monoisotopic (exact) mass is 199 g/mol. The van der Waals surface area contributed by atoms with E-state index in [0.717, 1.165) is 11.5 Å². The van der Waals surface area contributed by atoms with E-state index in [1.807, 2.05) is 0 Å². The van der Waals surface area contributed by atoms with Gasteiger partial charge in [-0.25, -0.2) is 4.68 Å². The number of hydrogen-bond donors (Lipinski definition) is 1. The van der Waals surface area contributed by atoms with Crippen LogP contribution >= 0.6 is 11.8 Å². The van der Waals surface area contributed by atoms with Gasteiger partial charge in [0.15, 0.2) is 0 Å². The first-order valence-electron chi connectivity index (χ1n) is 4.14. The van der Waals surface area contributed by atoms with E-state index < -0.39 is 0 Å². The molecule has 2 N–H and O–H groups in total. The maximum atomic E-state index is 11.2. The van der Waals surface area contributed by atoms with Crippen molar-refractivity contribution in [2.75, 3.05) is 17.2 Å². The molecular weight excluding hydrogens is 186 g/mol. The van der Waals surface area contributed by atoms with Crippen LogP contribution in [0.3, 0.4) is 0 Å². The number of nitrogens with two attached hydrogens (primary N) is 1. The first-order chi connectivity index (χ1) is 6.24.